The normalized spacial score (nSPS) is 11.6. The zero-order valence-electron chi connectivity index (χ0n) is 13.3. The summed E-state index contributed by atoms with van der Waals surface area (Å²) in [5.41, 5.74) is 1.44. The smallest absolute Gasteiger partial charge is 0.268 e. The Hall–Kier alpha value is -2.78. The van der Waals surface area contributed by atoms with Crippen LogP contribution in [0.2, 0.25) is 0 Å². The molecule has 3 heterocycles. The van der Waals surface area contributed by atoms with E-state index in [0.29, 0.717) is 32.8 Å². The van der Waals surface area contributed by atoms with Crippen LogP contribution in [-0.4, -0.2) is 25.1 Å². The predicted octanol–water partition coefficient (Wildman–Crippen LogP) is 3.70. The van der Waals surface area contributed by atoms with Crippen LogP contribution in [0.1, 0.15) is 17.2 Å². The van der Waals surface area contributed by atoms with Crippen molar-refractivity contribution in [2.24, 2.45) is 0 Å². The van der Waals surface area contributed by atoms with E-state index in [4.69, 9.17) is 0 Å². The Morgan fingerprint density at radius 1 is 1.15 bits per heavy atom. The standard InChI is InChI=1S/C17H12FN5OS2/c18-11-4-1-10(2-5-11)3-6-13-21-17(23-22-13)26-9-14-19-12-7-8-25-15(12)16(24)20-14/h1-8H,9H2,(H,19,20,24)(H,21,22,23)/b6-3+. The molecule has 6 nitrogen and oxygen atoms in total. The summed E-state index contributed by atoms with van der Waals surface area (Å²) in [6.07, 6.45) is 3.58. The fourth-order valence-corrected chi connectivity index (χ4v) is 3.67. The van der Waals surface area contributed by atoms with Crippen LogP contribution >= 0.6 is 23.1 Å². The quantitative estimate of drug-likeness (QED) is 0.512. The van der Waals surface area contributed by atoms with E-state index in [-0.39, 0.29) is 11.4 Å². The third kappa shape index (κ3) is 3.73. The van der Waals surface area contributed by atoms with Gasteiger partial charge in [0.15, 0.2) is 0 Å². The monoisotopic (exact) mass is 385 g/mol. The first-order valence-corrected chi connectivity index (χ1v) is 9.49. The number of nitrogens with one attached hydrogen (secondary N) is 2. The van der Waals surface area contributed by atoms with E-state index in [1.54, 1.807) is 18.2 Å². The average molecular weight is 385 g/mol. The lowest BCUT2D eigenvalue weighted by Gasteiger charge is -1.98. The van der Waals surface area contributed by atoms with Crippen LogP contribution in [0, 0.1) is 5.82 Å². The Morgan fingerprint density at radius 2 is 2.00 bits per heavy atom. The van der Waals surface area contributed by atoms with E-state index in [2.05, 4.69) is 25.1 Å². The van der Waals surface area contributed by atoms with Gasteiger partial charge in [0, 0.05) is 0 Å². The van der Waals surface area contributed by atoms with Crippen molar-refractivity contribution in [1.82, 2.24) is 25.1 Å². The second kappa shape index (κ2) is 7.22. The highest BCUT2D eigenvalue weighted by Gasteiger charge is 2.07. The average Bonchev–Trinajstić information content (AvgIpc) is 3.29. The van der Waals surface area contributed by atoms with E-state index < -0.39 is 0 Å². The molecule has 0 bridgehead atoms. The van der Waals surface area contributed by atoms with Gasteiger partial charge in [-0.2, -0.15) is 0 Å². The first-order chi connectivity index (χ1) is 12.7. The minimum atomic E-state index is -0.271. The van der Waals surface area contributed by atoms with Gasteiger partial charge in [0.25, 0.3) is 5.56 Å². The van der Waals surface area contributed by atoms with Gasteiger partial charge in [-0.3, -0.25) is 9.89 Å². The second-order valence-corrected chi connectivity index (χ2v) is 7.18. The van der Waals surface area contributed by atoms with Crippen molar-refractivity contribution in [3.05, 3.63) is 69.1 Å². The maximum atomic E-state index is 12.9. The summed E-state index contributed by atoms with van der Waals surface area (Å²) in [6.45, 7) is 0. The number of halogens is 1. The zero-order valence-corrected chi connectivity index (χ0v) is 14.9. The summed E-state index contributed by atoms with van der Waals surface area (Å²) in [5.74, 6) is 1.36. The lowest BCUT2D eigenvalue weighted by atomic mass is 10.2. The van der Waals surface area contributed by atoms with Gasteiger partial charge in [0.05, 0.1) is 11.3 Å². The molecular formula is C17H12FN5OS2. The number of thiophene rings is 1. The van der Waals surface area contributed by atoms with Gasteiger partial charge < -0.3 is 4.98 Å². The molecule has 26 heavy (non-hydrogen) atoms. The Morgan fingerprint density at radius 3 is 2.85 bits per heavy atom. The van der Waals surface area contributed by atoms with Crippen molar-refractivity contribution >= 4 is 45.5 Å². The van der Waals surface area contributed by atoms with Crippen molar-refractivity contribution in [2.45, 2.75) is 10.9 Å². The molecule has 0 aliphatic rings. The molecule has 0 radical (unpaired) electrons. The topological polar surface area (TPSA) is 87.3 Å². The highest BCUT2D eigenvalue weighted by molar-refractivity contribution is 7.98. The molecule has 0 amide bonds. The number of H-pyrrole nitrogens is 2. The number of thioether (sulfide) groups is 1. The lowest BCUT2D eigenvalue weighted by Crippen LogP contribution is -2.09. The van der Waals surface area contributed by atoms with Crippen LogP contribution < -0.4 is 5.56 Å². The van der Waals surface area contributed by atoms with Crippen LogP contribution in [-0.2, 0) is 5.75 Å². The number of nitrogens with zero attached hydrogens (tertiary/aromatic N) is 3. The molecule has 0 unspecified atom stereocenters. The van der Waals surface area contributed by atoms with Crippen molar-refractivity contribution in [3.8, 4) is 0 Å². The Bertz CT molecular complexity index is 1130. The molecule has 0 saturated carbocycles. The molecule has 9 heteroatoms. The van der Waals surface area contributed by atoms with E-state index in [9.17, 15) is 9.18 Å². The first-order valence-electron chi connectivity index (χ1n) is 7.62. The van der Waals surface area contributed by atoms with Crippen LogP contribution in [0.3, 0.4) is 0 Å². The number of rotatable bonds is 5. The molecule has 0 atom stereocenters. The van der Waals surface area contributed by atoms with E-state index in [1.165, 1.54) is 35.2 Å². The number of fused-ring (bicyclic) bond motifs is 1. The van der Waals surface area contributed by atoms with Gasteiger partial charge in [0.1, 0.15) is 22.2 Å². The Labute approximate surface area is 155 Å². The molecule has 4 rings (SSSR count). The Kier molecular flexibility index (Phi) is 4.63. The second-order valence-electron chi connectivity index (χ2n) is 5.32. The summed E-state index contributed by atoms with van der Waals surface area (Å²) in [4.78, 5) is 23.5. The fourth-order valence-electron chi connectivity index (χ4n) is 2.27. The highest BCUT2D eigenvalue weighted by Crippen LogP contribution is 2.19. The largest absolute Gasteiger partial charge is 0.309 e. The van der Waals surface area contributed by atoms with Crippen LogP contribution in [0.25, 0.3) is 22.4 Å². The van der Waals surface area contributed by atoms with Crippen molar-refractivity contribution in [3.63, 3.8) is 0 Å². The summed E-state index contributed by atoms with van der Waals surface area (Å²) in [6, 6.07) is 7.99. The zero-order chi connectivity index (χ0) is 17.9. The summed E-state index contributed by atoms with van der Waals surface area (Å²) >= 11 is 2.75. The number of benzene rings is 1. The van der Waals surface area contributed by atoms with Gasteiger partial charge in [-0.15, -0.1) is 16.4 Å². The maximum absolute atomic E-state index is 12.9. The molecule has 0 aliphatic carbocycles. The highest BCUT2D eigenvalue weighted by atomic mass is 32.2. The minimum Gasteiger partial charge on any atom is -0.309 e. The van der Waals surface area contributed by atoms with Crippen LogP contribution in [0.5, 0.6) is 0 Å². The van der Waals surface area contributed by atoms with Crippen molar-refractivity contribution in [1.29, 1.82) is 0 Å². The van der Waals surface area contributed by atoms with Gasteiger partial charge in [-0.1, -0.05) is 30.0 Å². The summed E-state index contributed by atoms with van der Waals surface area (Å²) in [7, 11) is 0. The van der Waals surface area contributed by atoms with Crippen molar-refractivity contribution < 1.29 is 4.39 Å². The van der Waals surface area contributed by atoms with E-state index >= 15 is 0 Å². The lowest BCUT2D eigenvalue weighted by molar-refractivity contribution is 0.628. The molecule has 1 aromatic carbocycles. The van der Waals surface area contributed by atoms with Gasteiger partial charge in [-0.25, -0.2) is 14.4 Å². The van der Waals surface area contributed by atoms with Crippen LogP contribution in [0.15, 0.2) is 45.7 Å². The van der Waals surface area contributed by atoms with E-state index in [0.717, 1.165) is 5.56 Å². The molecular weight excluding hydrogens is 373 g/mol. The van der Waals surface area contributed by atoms with Gasteiger partial charge in [0.2, 0.25) is 5.16 Å². The Balaban J connectivity index is 1.43. The van der Waals surface area contributed by atoms with Crippen molar-refractivity contribution in [2.75, 3.05) is 0 Å². The van der Waals surface area contributed by atoms with Gasteiger partial charge >= 0.3 is 0 Å². The third-order valence-corrected chi connectivity index (χ3v) is 5.25. The molecule has 4 aromatic rings. The third-order valence-electron chi connectivity index (χ3n) is 3.49. The molecule has 0 spiro atoms. The molecule has 3 aromatic heterocycles. The number of hydrogen-bond donors (Lipinski definition) is 2. The maximum Gasteiger partial charge on any atom is 0.268 e. The summed E-state index contributed by atoms with van der Waals surface area (Å²) < 4.78 is 13.5. The molecule has 0 aliphatic heterocycles. The fraction of sp³-hybridized carbons (Fsp3) is 0.0588. The molecule has 2 N–H and O–H groups in total. The van der Waals surface area contributed by atoms with E-state index in [1.807, 2.05) is 17.5 Å². The SMILES string of the molecule is O=c1[nH]c(CSc2n[nH]c(/C=C/c3ccc(F)cc3)n2)nc2ccsc12. The number of aromatic nitrogens is 5. The molecule has 0 fully saturated rings. The summed E-state index contributed by atoms with van der Waals surface area (Å²) in [5, 5.41) is 9.36. The molecule has 130 valence electrons. The molecule has 0 saturated heterocycles. The minimum absolute atomic E-state index is 0.126. The number of aromatic amines is 2. The van der Waals surface area contributed by atoms with Gasteiger partial charge in [-0.05, 0) is 35.2 Å². The number of hydrogen-bond acceptors (Lipinski definition) is 6. The van der Waals surface area contributed by atoms with Crippen LogP contribution in [0.4, 0.5) is 4.39 Å². The first kappa shape index (κ1) is 16.7. The predicted molar refractivity (Wildman–Crippen MR) is 102 cm³/mol.